The summed E-state index contributed by atoms with van der Waals surface area (Å²) >= 11 is 6.36. The molecule has 2 heterocycles. The molecule has 0 bridgehead atoms. The van der Waals surface area contributed by atoms with Crippen LogP contribution in [0.3, 0.4) is 0 Å². The molecule has 1 aliphatic rings. The van der Waals surface area contributed by atoms with Crippen molar-refractivity contribution in [2.45, 2.75) is 32.0 Å². The number of ketones is 1. The molecule has 0 saturated heterocycles. The molecule has 4 aromatic rings. The van der Waals surface area contributed by atoms with Crippen LogP contribution in [0.2, 0.25) is 5.02 Å². The van der Waals surface area contributed by atoms with E-state index in [2.05, 4.69) is 4.98 Å². The molecule has 1 saturated carbocycles. The third kappa shape index (κ3) is 5.28. The van der Waals surface area contributed by atoms with Gasteiger partial charge in [-0.05, 0) is 31.5 Å². The Kier molecular flexibility index (Phi) is 6.82. The summed E-state index contributed by atoms with van der Waals surface area (Å²) in [6, 6.07) is 17.4. The molecule has 0 amide bonds. The molecule has 1 aliphatic carbocycles. The number of benzene rings is 2. The molecular formula is C27H27ClN6O3. The number of likely N-dealkylation sites (N-methyl/N-ethyl adjacent to an activating group) is 1. The van der Waals surface area contributed by atoms with Crippen LogP contribution >= 0.6 is 11.6 Å². The van der Waals surface area contributed by atoms with Gasteiger partial charge in [-0.2, -0.15) is 5.10 Å². The van der Waals surface area contributed by atoms with Crippen molar-refractivity contribution >= 4 is 23.2 Å². The number of carbonyl (C=O) groups is 1. The van der Waals surface area contributed by atoms with E-state index < -0.39 is 17.0 Å². The third-order valence-electron chi connectivity index (χ3n) is 6.40. The van der Waals surface area contributed by atoms with E-state index >= 15 is 0 Å². The van der Waals surface area contributed by atoms with Crippen LogP contribution in [0.5, 0.6) is 0 Å². The van der Waals surface area contributed by atoms with E-state index in [0.717, 1.165) is 35.2 Å². The SMILES string of the molecule is CN(CC(=O)c1c(N)n(C2CC2)c(=O)[nH]c1=O)Cc1cn(Cc2ccccc2Cl)nc1-c1ccccc1. The lowest BCUT2D eigenvalue weighted by atomic mass is 10.1. The summed E-state index contributed by atoms with van der Waals surface area (Å²) < 4.78 is 3.16. The van der Waals surface area contributed by atoms with Gasteiger partial charge in [0.25, 0.3) is 5.56 Å². The number of anilines is 1. The zero-order chi connectivity index (χ0) is 26.1. The van der Waals surface area contributed by atoms with Crippen LogP contribution in [-0.4, -0.2) is 43.6 Å². The average molecular weight is 519 g/mol. The van der Waals surface area contributed by atoms with Crippen molar-refractivity contribution in [1.82, 2.24) is 24.2 Å². The number of carbonyl (C=O) groups excluding carboxylic acids is 1. The number of H-pyrrole nitrogens is 1. The Hall–Kier alpha value is -3.95. The highest BCUT2D eigenvalue weighted by molar-refractivity contribution is 6.31. The number of halogens is 1. The maximum absolute atomic E-state index is 13.1. The monoisotopic (exact) mass is 518 g/mol. The van der Waals surface area contributed by atoms with Gasteiger partial charge < -0.3 is 5.73 Å². The summed E-state index contributed by atoms with van der Waals surface area (Å²) in [6.07, 6.45) is 3.54. The minimum atomic E-state index is -0.754. The van der Waals surface area contributed by atoms with Gasteiger partial charge in [0, 0.05) is 34.9 Å². The average Bonchev–Trinajstić information content (AvgIpc) is 3.61. The van der Waals surface area contributed by atoms with Crippen molar-refractivity contribution in [3.8, 4) is 11.3 Å². The van der Waals surface area contributed by atoms with Gasteiger partial charge in [0.2, 0.25) is 0 Å². The second kappa shape index (κ2) is 10.2. The smallest absolute Gasteiger partial charge is 0.330 e. The fourth-order valence-corrected chi connectivity index (χ4v) is 4.70. The van der Waals surface area contributed by atoms with Gasteiger partial charge in [0.15, 0.2) is 5.78 Å². The van der Waals surface area contributed by atoms with Crippen LogP contribution in [0.4, 0.5) is 5.82 Å². The lowest BCUT2D eigenvalue weighted by molar-refractivity contribution is 0.0941. The van der Waals surface area contributed by atoms with E-state index in [1.165, 1.54) is 4.57 Å². The number of nitrogens with zero attached hydrogens (tertiary/aromatic N) is 4. The lowest BCUT2D eigenvalue weighted by Gasteiger charge is -2.17. The van der Waals surface area contributed by atoms with E-state index in [1.54, 1.807) is 11.9 Å². The third-order valence-corrected chi connectivity index (χ3v) is 6.77. The maximum Gasteiger partial charge on any atom is 0.330 e. The zero-order valence-corrected chi connectivity index (χ0v) is 21.1. The van der Waals surface area contributed by atoms with E-state index in [0.29, 0.717) is 18.1 Å². The summed E-state index contributed by atoms with van der Waals surface area (Å²) in [5.41, 5.74) is 8.23. The van der Waals surface area contributed by atoms with Crippen molar-refractivity contribution in [3.05, 3.63) is 103 Å². The molecule has 0 spiro atoms. The van der Waals surface area contributed by atoms with Crippen molar-refractivity contribution in [2.24, 2.45) is 0 Å². The first-order valence-corrected chi connectivity index (χ1v) is 12.4. The maximum atomic E-state index is 13.1. The highest BCUT2D eigenvalue weighted by Crippen LogP contribution is 2.35. The molecule has 0 radical (unpaired) electrons. The van der Waals surface area contributed by atoms with Crippen molar-refractivity contribution in [1.29, 1.82) is 0 Å². The molecule has 190 valence electrons. The standard InChI is InChI=1S/C27H27ClN6O3/c1-32(16-22(35)23-25(29)34(20-11-12-20)27(37)30-26(23)36)13-19-15-33(14-18-9-5-6-10-21(18)28)31-24(19)17-7-3-2-4-8-17/h2-10,15,20H,11-14,16,29H2,1H3,(H,30,36,37). The second-order valence-electron chi connectivity index (χ2n) is 9.37. The molecule has 2 aromatic carbocycles. The Balaban J connectivity index is 1.40. The summed E-state index contributed by atoms with van der Waals surface area (Å²) in [4.78, 5) is 41.8. The van der Waals surface area contributed by atoms with Gasteiger partial charge in [-0.3, -0.25) is 28.7 Å². The molecular weight excluding hydrogens is 492 g/mol. The normalized spacial score (nSPS) is 13.3. The largest absolute Gasteiger partial charge is 0.384 e. The topological polar surface area (TPSA) is 119 Å². The molecule has 2 aromatic heterocycles. The number of nitrogens with two attached hydrogens (primary N) is 1. The first kappa shape index (κ1) is 24.7. The van der Waals surface area contributed by atoms with Crippen LogP contribution in [0.1, 0.15) is 40.4 Å². The van der Waals surface area contributed by atoms with E-state index in [4.69, 9.17) is 22.4 Å². The molecule has 3 N–H and O–H groups in total. The number of rotatable bonds is 9. The molecule has 0 unspecified atom stereocenters. The number of hydrogen-bond donors (Lipinski definition) is 2. The Morgan fingerprint density at radius 1 is 1.11 bits per heavy atom. The number of nitrogens with one attached hydrogen (secondary N) is 1. The van der Waals surface area contributed by atoms with Gasteiger partial charge in [0.1, 0.15) is 11.4 Å². The lowest BCUT2D eigenvalue weighted by Crippen LogP contribution is -2.38. The van der Waals surface area contributed by atoms with E-state index in [-0.39, 0.29) is 24.0 Å². The zero-order valence-electron chi connectivity index (χ0n) is 20.4. The van der Waals surface area contributed by atoms with Crippen LogP contribution in [0.15, 0.2) is 70.4 Å². The molecule has 0 aliphatic heterocycles. The first-order valence-electron chi connectivity index (χ1n) is 12.0. The fraction of sp³-hybridized carbons (Fsp3) is 0.259. The van der Waals surface area contributed by atoms with E-state index in [9.17, 15) is 14.4 Å². The number of aromatic amines is 1. The Morgan fingerprint density at radius 2 is 1.81 bits per heavy atom. The first-order chi connectivity index (χ1) is 17.8. The summed E-state index contributed by atoms with van der Waals surface area (Å²) in [7, 11) is 1.79. The summed E-state index contributed by atoms with van der Waals surface area (Å²) in [6.45, 7) is 0.843. The number of nitrogen functional groups attached to an aromatic ring is 1. The summed E-state index contributed by atoms with van der Waals surface area (Å²) in [5.74, 6) is -0.507. The highest BCUT2D eigenvalue weighted by Gasteiger charge is 2.30. The van der Waals surface area contributed by atoms with Crippen LogP contribution in [-0.2, 0) is 13.1 Å². The molecule has 10 heteroatoms. The minimum Gasteiger partial charge on any atom is -0.384 e. The van der Waals surface area contributed by atoms with Crippen LogP contribution in [0.25, 0.3) is 11.3 Å². The minimum absolute atomic E-state index is 0.0555. The number of hydrogen-bond acceptors (Lipinski definition) is 6. The fourth-order valence-electron chi connectivity index (χ4n) is 4.50. The van der Waals surface area contributed by atoms with Gasteiger partial charge in [-0.15, -0.1) is 0 Å². The van der Waals surface area contributed by atoms with Gasteiger partial charge in [0.05, 0.1) is 18.8 Å². The Bertz CT molecular complexity index is 1570. The predicted octanol–water partition coefficient (Wildman–Crippen LogP) is 3.33. The molecule has 1 fully saturated rings. The molecule has 9 nitrogen and oxygen atoms in total. The van der Waals surface area contributed by atoms with Crippen molar-refractivity contribution < 1.29 is 4.79 Å². The molecule has 37 heavy (non-hydrogen) atoms. The van der Waals surface area contributed by atoms with Crippen molar-refractivity contribution in [3.63, 3.8) is 0 Å². The number of Topliss-reactive ketones (excluding diaryl/α,β-unsaturated/α-hetero) is 1. The quantitative estimate of drug-likeness (QED) is 0.328. The van der Waals surface area contributed by atoms with Gasteiger partial charge >= 0.3 is 5.69 Å². The molecule has 0 atom stereocenters. The highest BCUT2D eigenvalue weighted by atomic mass is 35.5. The summed E-state index contributed by atoms with van der Waals surface area (Å²) in [5, 5.41) is 5.48. The Morgan fingerprint density at radius 3 is 2.51 bits per heavy atom. The van der Waals surface area contributed by atoms with Gasteiger partial charge in [-0.25, -0.2) is 4.79 Å². The van der Waals surface area contributed by atoms with Crippen LogP contribution in [0, 0.1) is 0 Å². The van der Waals surface area contributed by atoms with Gasteiger partial charge in [-0.1, -0.05) is 60.1 Å². The predicted molar refractivity (Wildman–Crippen MR) is 143 cm³/mol. The molecule has 5 rings (SSSR count). The Labute approximate surface area is 218 Å². The van der Waals surface area contributed by atoms with Crippen molar-refractivity contribution in [2.75, 3.05) is 19.3 Å². The second-order valence-corrected chi connectivity index (χ2v) is 9.78. The number of aromatic nitrogens is 4. The van der Waals surface area contributed by atoms with E-state index in [1.807, 2.05) is 65.5 Å². The van der Waals surface area contributed by atoms with Crippen LogP contribution < -0.4 is 17.0 Å².